The highest BCUT2D eigenvalue weighted by atomic mass is 16.5. The Morgan fingerprint density at radius 1 is 1.25 bits per heavy atom. The van der Waals surface area contributed by atoms with Crippen molar-refractivity contribution in [3.05, 3.63) is 29.3 Å². The van der Waals surface area contributed by atoms with Gasteiger partial charge >= 0.3 is 12.0 Å². The fraction of sp³-hybridized carbons (Fsp3) is 0.500. The topological polar surface area (TPSA) is 105 Å². The van der Waals surface area contributed by atoms with Crippen LogP contribution >= 0.6 is 0 Å². The molecule has 1 heterocycles. The Hall–Kier alpha value is -2.90. The molecule has 0 unspecified atom stereocenters. The molecule has 28 heavy (non-hydrogen) atoms. The van der Waals surface area contributed by atoms with Crippen LogP contribution in [0.25, 0.3) is 0 Å². The van der Waals surface area contributed by atoms with Gasteiger partial charge in [-0.15, -0.1) is 0 Å². The minimum Gasteiger partial charge on any atom is -0.454 e. The second-order valence-electron chi connectivity index (χ2n) is 7.84. The predicted molar refractivity (Wildman–Crippen MR) is 99.4 cm³/mol. The molecule has 1 saturated heterocycles. The third-order valence-electron chi connectivity index (χ3n) is 5.73. The van der Waals surface area contributed by atoms with E-state index in [1.807, 2.05) is 18.2 Å². The number of nitrogens with one attached hydrogen (secondary N) is 2. The zero-order valence-corrected chi connectivity index (χ0v) is 15.7. The number of hydrogen-bond donors (Lipinski definition) is 2. The van der Waals surface area contributed by atoms with Crippen molar-refractivity contribution >= 4 is 29.5 Å². The molecular weight excluding hydrogens is 362 g/mol. The first-order chi connectivity index (χ1) is 13.4. The van der Waals surface area contributed by atoms with Gasteiger partial charge in [0.05, 0.1) is 0 Å². The third kappa shape index (κ3) is 3.46. The highest BCUT2D eigenvalue weighted by Crippen LogP contribution is 2.42. The van der Waals surface area contributed by atoms with Crippen molar-refractivity contribution in [1.29, 1.82) is 0 Å². The van der Waals surface area contributed by atoms with E-state index in [4.69, 9.17) is 4.74 Å². The first-order valence-electron chi connectivity index (χ1n) is 9.58. The van der Waals surface area contributed by atoms with Crippen molar-refractivity contribution in [2.45, 2.75) is 44.6 Å². The number of fused-ring (bicyclic) bond motifs is 1. The molecule has 4 amide bonds. The molecule has 3 aliphatic rings. The number of esters is 1. The molecule has 0 spiro atoms. The van der Waals surface area contributed by atoms with Gasteiger partial charge in [0, 0.05) is 5.69 Å². The quantitative estimate of drug-likeness (QED) is 0.569. The van der Waals surface area contributed by atoms with E-state index in [2.05, 4.69) is 10.6 Å². The molecule has 1 saturated carbocycles. The maximum atomic E-state index is 12.5. The standard InChI is InChI=1S/C20H23N3O5/c1-20(14-6-7-14)18(26)23(19(27)22-20)10-17(25)28-11-16(24)21-15-8-5-12-3-2-4-13(12)9-15/h5,8-9,14H,2-4,6-7,10-11H2,1H3,(H,21,24)(H,22,27)/t20-/m1/s1. The molecule has 1 aromatic carbocycles. The van der Waals surface area contributed by atoms with Crippen LogP contribution < -0.4 is 10.6 Å². The van der Waals surface area contributed by atoms with Gasteiger partial charge in [-0.2, -0.15) is 0 Å². The van der Waals surface area contributed by atoms with Crippen LogP contribution in [0.15, 0.2) is 18.2 Å². The number of carbonyl (C=O) groups excluding carboxylic acids is 4. The smallest absolute Gasteiger partial charge is 0.326 e. The highest BCUT2D eigenvalue weighted by molar-refractivity contribution is 6.09. The number of rotatable bonds is 6. The number of nitrogens with zero attached hydrogens (tertiary/aromatic N) is 1. The maximum Gasteiger partial charge on any atom is 0.326 e. The van der Waals surface area contributed by atoms with Crippen molar-refractivity contribution in [2.75, 3.05) is 18.5 Å². The summed E-state index contributed by atoms with van der Waals surface area (Å²) in [6, 6.07) is 5.17. The van der Waals surface area contributed by atoms with Crippen LogP contribution in [0.5, 0.6) is 0 Å². The van der Waals surface area contributed by atoms with Crippen LogP contribution in [0.3, 0.4) is 0 Å². The number of carbonyl (C=O) groups is 4. The average molecular weight is 385 g/mol. The normalized spacial score (nSPS) is 23.4. The van der Waals surface area contributed by atoms with E-state index >= 15 is 0 Å². The van der Waals surface area contributed by atoms with Gasteiger partial charge in [0.25, 0.3) is 11.8 Å². The van der Waals surface area contributed by atoms with Crippen LogP contribution in [-0.2, 0) is 32.0 Å². The minimum atomic E-state index is -0.942. The van der Waals surface area contributed by atoms with E-state index in [9.17, 15) is 19.2 Å². The van der Waals surface area contributed by atoms with E-state index in [1.165, 1.54) is 11.1 Å². The zero-order chi connectivity index (χ0) is 19.9. The summed E-state index contributed by atoms with van der Waals surface area (Å²) in [6.07, 6.45) is 4.93. The Labute approximate surface area is 162 Å². The summed E-state index contributed by atoms with van der Waals surface area (Å²) in [4.78, 5) is 49.4. The zero-order valence-electron chi connectivity index (χ0n) is 15.7. The van der Waals surface area contributed by atoms with Crippen LogP contribution in [0, 0.1) is 5.92 Å². The number of hydrogen-bond acceptors (Lipinski definition) is 5. The second-order valence-corrected chi connectivity index (χ2v) is 7.84. The largest absolute Gasteiger partial charge is 0.454 e. The van der Waals surface area contributed by atoms with E-state index in [0.717, 1.165) is 37.0 Å². The molecule has 0 aromatic heterocycles. The number of aryl methyl sites for hydroxylation is 2. The van der Waals surface area contributed by atoms with Gasteiger partial charge in [-0.1, -0.05) is 6.07 Å². The van der Waals surface area contributed by atoms with Gasteiger partial charge in [0.2, 0.25) is 0 Å². The Bertz CT molecular complexity index is 863. The van der Waals surface area contributed by atoms with Crippen LogP contribution in [0.1, 0.15) is 37.3 Å². The lowest BCUT2D eigenvalue weighted by atomic mass is 9.96. The molecule has 2 fully saturated rings. The lowest BCUT2D eigenvalue weighted by Crippen LogP contribution is -2.46. The number of ether oxygens (including phenoxy) is 1. The van der Waals surface area contributed by atoms with Crippen molar-refractivity contribution < 1.29 is 23.9 Å². The first kappa shape index (κ1) is 18.5. The van der Waals surface area contributed by atoms with Crippen LogP contribution in [0.4, 0.5) is 10.5 Å². The maximum absolute atomic E-state index is 12.5. The van der Waals surface area contributed by atoms with Gasteiger partial charge in [-0.05, 0) is 68.2 Å². The summed E-state index contributed by atoms with van der Waals surface area (Å²) >= 11 is 0. The number of benzene rings is 1. The molecule has 1 aromatic rings. The fourth-order valence-corrected chi connectivity index (χ4v) is 3.96. The van der Waals surface area contributed by atoms with E-state index < -0.39 is 42.5 Å². The van der Waals surface area contributed by atoms with Gasteiger partial charge in [-0.3, -0.25) is 19.3 Å². The Kier molecular flexibility index (Phi) is 4.56. The van der Waals surface area contributed by atoms with Gasteiger partial charge in [0.15, 0.2) is 6.61 Å². The Morgan fingerprint density at radius 2 is 2.00 bits per heavy atom. The molecule has 2 N–H and O–H groups in total. The number of amides is 4. The molecule has 2 aliphatic carbocycles. The molecular formula is C20H23N3O5. The Balaban J connectivity index is 1.27. The van der Waals surface area contributed by atoms with Crippen molar-refractivity contribution in [3.63, 3.8) is 0 Å². The Morgan fingerprint density at radius 3 is 2.75 bits per heavy atom. The summed E-state index contributed by atoms with van der Waals surface area (Å²) in [7, 11) is 0. The average Bonchev–Trinajstić information content (AvgIpc) is 3.38. The molecule has 8 nitrogen and oxygen atoms in total. The summed E-state index contributed by atoms with van der Waals surface area (Å²) in [5.41, 5.74) is 2.25. The van der Waals surface area contributed by atoms with Crippen molar-refractivity contribution in [1.82, 2.24) is 10.2 Å². The third-order valence-corrected chi connectivity index (χ3v) is 5.73. The molecule has 8 heteroatoms. The van der Waals surface area contributed by atoms with Gasteiger partial charge in [0.1, 0.15) is 12.1 Å². The van der Waals surface area contributed by atoms with E-state index in [0.29, 0.717) is 5.69 Å². The SMILES string of the molecule is C[C@]1(C2CC2)NC(=O)N(CC(=O)OCC(=O)Nc2ccc3c(c2)CCC3)C1=O. The number of anilines is 1. The first-order valence-corrected chi connectivity index (χ1v) is 9.58. The summed E-state index contributed by atoms with van der Waals surface area (Å²) in [5.74, 6) is -1.57. The second kappa shape index (κ2) is 6.92. The summed E-state index contributed by atoms with van der Waals surface area (Å²) in [5, 5.41) is 5.36. The molecule has 4 rings (SSSR count). The van der Waals surface area contributed by atoms with Crippen molar-refractivity contribution in [3.8, 4) is 0 Å². The lowest BCUT2D eigenvalue weighted by molar-refractivity contribution is -0.150. The number of urea groups is 1. The van der Waals surface area contributed by atoms with Crippen LogP contribution in [0.2, 0.25) is 0 Å². The fourth-order valence-electron chi connectivity index (χ4n) is 3.96. The molecule has 0 radical (unpaired) electrons. The highest BCUT2D eigenvalue weighted by Gasteiger charge is 2.56. The lowest BCUT2D eigenvalue weighted by Gasteiger charge is -2.20. The van der Waals surface area contributed by atoms with Crippen LogP contribution in [-0.4, -0.2) is 47.4 Å². The monoisotopic (exact) mass is 385 g/mol. The molecule has 148 valence electrons. The number of imide groups is 1. The van der Waals surface area contributed by atoms with E-state index in [-0.39, 0.29) is 5.92 Å². The van der Waals surface area contributed by atoms with Gasteiger partial charge < -0.3 is 15.4 Å². The minimum absolute atomic E-state index is 0.114. The van der Waals surface area contributed by atoms with E-state index in [1.54, 1.807) is 6.92 Å². The van der Waals surface area contributed by atoms with Crippen molar-refractivity contribution in [2.24, 2.45) is 5.92 Å². The predicted octanol–water partition coefficient (Wildman–Crippen LogP) is 1.38. The summed E-state index contributed by atoms with van der Waals surface area (Å²) < 4.78 is 4.95. The summed E-state index contributed by atoms with van der Waals surface area (Å²) in [6.45, 7) is 0.707. The molecule has 1 aliphatic heterocycles. The van der Waals surface area contributed by atoms with Gasteiger partial charge in [-0.25, -0.2) is 4.79 Å². The molecule has 0 bridgehead atoms. The molecule has 1 atom stereocenters.